The average Bonchev–Trinajstić information content (AvgIpc) is 2.61. The summed E-state index contributed by atoms with van der Waals surface area (Å²) in [6.45, 7) is 11.0. The quantitative estimate of drug-likeness (QED) is 0.811. The molecule has 0 aliphatic carbocycles. The lowest BCUT2D eigenvalue weighted by molar-refractivity contribution is -0.139. The van der Waals surface area contributed by atoms with E-state index in [2.05, 4.69) is 32.9 Å². The highest BCUT2D eigenvalue weighted by atomic mass is 16.5. The van der Waals surface area contributed by atoms with Gasteiger partial charge in [0.05, 0.1) is 13.5 Å². The standard InChI is InChI=1S/C21H32N2O3/c1-6-7-19(24)22-10-12-23(13-11-22)20(25)15-16-14-17(21(2,3)4)8-9-18(16)26-5/h8-9,14H,6-7,10-13,15H2,1-5H3. The number of hydrogen-bond donors (Lipinski definition) is 0. The number of benzene rings is 1. The third-order valence-corrected chi connectivity index (χ3v) is 4.94. The Morgan fingerprint density at radius 3 is 2.12 bits per heavy atom. The predicted molar refractivity (Wildman–Crippen MR) is 103 cm³/mol. The van der Waals surface area contributed by atoms with E-state index in [-0.39, 0.29) is 17.2 Å². The molecule has 0 bridgehead atoms. The number of nitrogens with zero attached hydrogens (tertiary/aromatic N) is 2. The van der Waals surface area contributed by atoms with E-state index in [9.17, 15) is 9.59 Å². The van der Waals surface area contributed by atoms with Crippen molar-refractivity contribution in [2.45, 2.75) is 52.4 Å². The molecule has 1 aliphatic heterocycles. The van der Waals surface area contributed by atoms with Crippen LogP contribution in [0.4, 0.5) is 0 Å². The van der Waals surface area contributed by atoms with Crippen molar-refractivity contribution in [2.24, 2.45) is 0 Å². The Kier molecular flexibility index (Phi) is 6.68. The summed E-state index contributed by atoms with van der Waals surface area (Å²) in [6, 6.07) is 6.09. The molecule has 2 amide bonds. The van der Waals surface area contributed by atoms with E-state index in [1.807, 2.05) is 22.8 Å². The Hall–Kier alpha value is -2.04. The summed E-state index contributed by atoms with van der Waals surface area (Å²) in [5.41, 5.74) is 2.14. The summed E-state index contributed by atoms with van der Waals surface area (Å²) in [7, 11) is 1.64. The first-order valence-electron chi connectivity index (χ1n) is 9.49. The highest BCUT2D eigenvalue weighted by Crippen LogP contribution is 2.28. The summed E-state index contributed by atoms with van der Waals surface area (Å²) in [5, 5.41) is 0. The van der Waals surface area contributed by atoms with Gasteiger partial charge in [-0.05, 0) is 23.5 Å². The molecule has 0 aromatic heterocycles. The minimum atomic E-state index is 0.0231. The van der Waals surface area contributed by atoms with Crippen LogP contribution in [0.2, 0.25) is 0 Å². The molecule has 1 aromatic carbocycles. The van der Waals surface area contributed by atoms with Crippen molar-refractivity contribution in [2.75, 3.05) is 33.3 Å². The minimum Gasteiger partial charge on any atom is -0.496 e. The zero-order chi connectivity index (χ0) is 19.3. The van der Waals surface area contributed by atoms with Crippen molar-refractivity contribution in [3.8, 4) is 5.75 Å². The highest BCUT2D eigenvalue weighted by molar-refractivity contribution is 5.80. The van der Waals surface area contributed by atoms with E-state index >= 15 is 0 Å². The van der Waals surface area contributed by atoms with Gasteiger partial charge in [-0.2, -0.15) is 0 Å². The van der Waals surface area contributed by atoms with E-state index in [1.54, 1.807) is 7.11 Å². The highest BCUT2D eigenvalue weighted by Gasteiger charge is 2.25. The third kappa shape index (κ3) is 4.99. The molecular weight excluding hydrogens is 328 g/mol. The molecule has 0 saturated carbocycles. The van der Waals surface area contributed by atoms with Crippen molar-refractivity contribution in [1.29, 1.82) is 0 Å². The normalized spacial score (nSPS) is 15.1. The maximum Gasteiger partial charge on any atom is 0.227 e. The number of carbonyl (C=O) groups excluding carboxylic acids is 2. The Balaban J connectivity index is 2.03. The number of hydrogen-bond acceptors (Lipinski definition) is 3. The van der Waals surface area contributed by atoms with Crippen LogP contribution in [0.15, 0.2) is 18.2 Å². The fraction of sp³-hybridized carbons (Fsp3) is 0.619. The fourth-order valence-electron chi connectivity index (χ4n) is 3.24. The molecule has 1 aromatic rings. The Morgan fingerprint density at radius 2 is 1.62 bits per heavy atom. The lowest BCUT2D eigenvalue weighted by Gasteiger charge is -2.35. The molecule has 2 rings (SSSR count). The minimum absolute atomic E-state index is 0.0231. The maximum atomic E-state index is 12.8. The second kappa shape index (κ2) is 8.56. The van der Waals surface area contributed by atoms with Gasteiger partial charge in [0.15, 0.2) is 0 Å². The molecule has 1 aliphatic rings. The SMILES string of the molecule is CCCC(=O)N1CCN(C(=O)Cc2cc(C(C)(C)C)ccc2OC)CC1. The molecule has 1 saturated heterocycles. The second-order valence-corrected chi connectivity index (χ2v) is 7.96. The number of carbonyl (C=O) groups is 2. The molecule has 5 heteroatoms. The largest absolute Gasteiger partial charge is 0.496 e. The molecule has 5 nitrogen and oxygen atoms in total. The van der Waals surface area contributed by atoms with Gasteiger partial charge in [-0.25, -0.2) is 0 Å². The lowest BCUT2D eigenvalue weighted by Crippen LogP contribution is -2.50. The van der Waals surface area contributed by atoms with E-state index < -0.39 is 0 Å². The second-order valence-electron chi connectivity index (χ2n) is 7.96. The third-order valence-electron chi connectivity index (χ3n) is 4.94. The van der Waals surface area contributed by atoms with Gasteiger partial charge in [-0.15, -0.1) is 0 Å². The molecule has 0 unspecified atom stereocenters. The van der Waals surface area contributed by atoms with Crippen LogP contribution < -0.4 is 4.74 Å². The number of piperazine rings is 1. The van der Waals surface area contributed by atoms with Crippen molar-refractivity contribution >= 4 is 11.8 Å². The van der Waals surface area contributed by atoms with Crippen LogP contribution in [-0.2, 0) is 21.4 Å². The zero-order valence-corrected chi connectivity index (χ0v) is 16.8. The first kappa shape index (κ1) is 20.3. The smallest absolute Gasteiger partial charge is 0.227 e. The molecule has 0 atom stereocenters. The number of ether oxygens (including phenoxy) is 1. The van der Waals surface area contributed by atoms with Gasteiger partial charge in [0.25, 0.3) is 0 Å². The van der Waals surface area contributed by atoms with Crippen LogP contribution in [-0.4, -0.2) is 54.9 Å². The molecular formula is C21H32N2O3. The van der Waals surface area contributed by atoms with Crippen LogP contribution in [0.3, 0.4) is 0 Å². The lowest BCUT2D eigenvalue weighted by atomic mass is 9.85. The van der Waals surface area contributed by atoms with E-state index in [0.717, 1.165) is 17.7 Å². The van der Waals surface area contributed by atoms with E-state index in [1.165, 1.54) is 5.56 Å². The zero-order valence-electron chi connectivity index (χ0n) is 16.8. The van der Waals surface area contributed by atoms with Gasteiger partial charge in [0.2, 0.25) is 11.8 Å². The summed E-state index contributed by atoms with van der Waals surface area (Å²) >= 11 is 0. The molecule has 144 valence electrons. The molecule has 0 radical (unpaired) electrons. The molecule has 0 N–H and O–H groups in total. The van der Waals surface area contributed by atoms with Crippen molar-refractivity contribution in [3.05, 3.63) is 29.3 Å². The van der Waals surface area contributed by atoms with Gasteiger partial charge in [-0.1, -0.05) is 39.8 Å². The van der Waals surface area contributed by atoms with Crippen LogP contribution in [0.25, 0.3) is 0 Å². The van der Waals surface area contributed by atoms with Crippen molar-refractivity contribution in [3.63, 3.8) is 0 Å². The van der Waals surface area contributed by atoms with Crippen molar-refractivity contribution in [1.82, 2.24) is 9.80 Å². The Bertz CT molecular complexity index is 641. The summed E-state index contributed by atoms with van der Waals surface area (Å²) < 4.78 is 5.45. The van der Waals surface area contributed by atoms with E-state index in [4.69, 9.17) is 4.74 Å². The first-order chi connectivity index (χ1) is 12.3. The number of amides is 2. The van der Waals surface area contributed by atoms with Gasteiger partial charge >= 0.3 is 0 Å². The maximum absolute atomic E-state index is 12.8. The van der Waals surface area contributed by atoms with Crippen molar-refractivity contribution < 1.29 is 14.3 Å². The predicted octanol–water partition coefficient (Wildman–Crippen LogP) is 3.01. The van der Waals surface area contributed by atoms with Gasteiger partial charge in [-0.3, -0.25) is 9.59 Å². The number of rotatable bonds is 5. The fourth-order valence-corrected chi connectivity index (χ4v) is 3.24. The summed E-state index contributed by atoms with van der Waals surface area (Å²) in [4.78, 5) is 28.5. The van der Waals surface area contributed by atoms with Gasteiger partial charge in [0.1, 0.15) is 5.75 Å². The Labute approximate surface area is 157 Å². The first-order valence-corrected chi connectivity index (χ1v) is 9.49. The van der Waals surface area contributed by atoms with Crippen LogP contribution in [0.1, 0.15) is 51.7 Å². The summed E-state index contributed by atoms with van der Waals surface area (Å²) in [6.07, 6.45) is 1.78. The molecule has 1 heterocycles. The van der Waals surface area contributed by atoms with Crippen LogP contribution in [0.5, 0.6) is 5.75 Å². The van der Waals surface area contributed by atoms with Crippen LogP contribution >= 0.6 is 0 Å². The average molecular weight is 360 g/mol. The monoisotopic (exact) mass is 360 g/mol. The van der Waals surface area contributed by atoms with Gasteiger partial charge in [0, 0.05) is 38.2 Å². The van der Waals surface area contributed by atoms with E-state index in [0.29, 0.717) is 39.0 Å². The Morgan fingerprint density at radius 1 is 1.04 bits per heavy atom. The summed E-state index contributed by atoms with van der Waals surface area (Å²) in [5.74, 6) is 1.04. The molecule has 1 fully saturated rings. The van der Waals surface area contributed by atoms with Gasteiger partial charge < -0.3 is 14.5 Å². The number of methoxy groups -OCH3 is 1. The van der Waals surface area contributed by atoms with Crippen LogP contribution in [0, 0.1) is 0 Å². The topological polar surface area (TPSA) is 49.9 Å². The molecule has 0 spiro atoms. The molecule has 26 heavy (non-hydrogen) atoms.